The number of aliphatic hydroxyl groups is 1. The van der Waals surface area contributed by atoms with Gasteiger partial charge >= 0.3 is 0 Å². The number of β-amino-alcohol motifs (C(OH)–C–C–N with tert-alkyl or cyclic N) is 1. The first-order valence-corrected chi connectivity index (χ1v) is 7.08. The summed E-state index contributed by atoms with van der Waals surface area (Å²) >= 11 is 0. The van der Waals surface area contributed by atoms with Gasteiger partial charge in [-0.05, 0) is 31.0 Å². The molecular formula is C16H16FN3O2. The molecule has 2 heterocycles. The van der Waals surface area contributed by atoms with Gasteiger partial charge in [0.25, 0.3) is 5.91 Å². The molecule has 1 saturated heterocycles. The number of amides is 1. The summed E-state index contributed by atoms with van der Waals surface area (Å²) < 4.78 is 13.1. The van der Waals surface area contributed by atoms with Crippen LogP contribution in [0, 0.1) is 12.7 Å². The molecule has 3 rings (SSSR count). The van der Waals surface area contributed by atoms with Gasteiger partial charge in [0.1, 0.15) is 11.5 Å². The molecule has 5 nitrogen and oxygen atoms in total. The summed E-state index contributed by atoms with van der Waals surface area (Å²) in [6, 6.07) is 5.70. The quantitative estimate of drug-likeness (QED) is 0.919. The van der Waals surface area contributed by atoms with Crippen molar-refractivity contribution in [2.75, 3.05) is 6.54 Å². The summed E-state index contributed by atoms with van der Waals surface area (Å²) in [5.41, 5.74) is 1.77. The zero-order valence-electron chi connectivity index (χ0n) is 12.1. The largest absolute Gasteiger partial charge is 0.391 e. The van der Waals surface area contributed by atoms with Gasteiger partial charge in [0, 0.05) is 12.7 Å². The third-order valence-electron chi connectivity index (χ3n) is 3.79. The summed E-state index contributed by atoms with van der Waals surface area (Å²) in [4.78, 5) is 22.3. The van der Waals surface area contributed by atoms with E-state index >= 15 is 0 Å². The number of benzene rings is 1. The Hall–Kier alpha value is -2.34. The molecule has 114 valence electrons. The summed E-state index contributed by atoms with van der Waals surface area (Å²) in [6.07, 6.45) is 2.80. The van der Waals surface area contributed by atoms with Crippen molar-refractivity contribution in [1.29, 1.82) is 0 Å². The number of carbonyl (C=O) groups is 1. The number of likely N-dealkylation sites (tertiary alicyclic amines) is 1. The highest BCUT2D eigenvalue weighted by Crippen LogP contribution is 2.33. The molecule has 0 bridgehead atoms. The van der Waals surface area contributed by atoms with Crippen LogP contribution in [0.2, 0.25) is 0 Å². The molecule has 22 heavy (non-hydrogen) atoms. The first kappa shape index (κ1) is 14.6. The second-order valence-electron chi connectivity index (χ2n) is 5.46. The smallest absolute Gasteiger partial charge is 0.274 e. The van der Waals surface area contributed by atoms with Crippen LogP contribution in [0.25, 0.3) is 0 Å². The van der Waals surface area contributed by atoms with Crippen LogP contribution in [0.3, 0.4) is 0 Å². The van der Waals surface area contributed by atoms with E-state index < -0.39 is 6.10 Å². The Balaban J connectivity index is 1.88. The molecule has 0 saturated carbocycles. The maximum atomic E-state index is 13.1. The standard InChI is InChI=1S/C16H16FN3O2/c1-10-7-19-14(8-18-10)16(22)20-9-13(21)6-15(20)11-2-4-12(17)5-3-11/h2-5,7-8,13,15,21H,6,9H2,1H3/t13-,15-/m1/s1. The molecule has 1 amide bonds. The van der Waals surface area contributed by atoms with Crippen molar-refractivity contribution >= 4 is 5.91 Å². The average Bonchev–Trinajstić information content (AvgIpc) is 2.90. The highest BCUT2D eigenvalue weighted by Gasteiger charge is 2.36. The van der Waals surface area contributed by atoms with Crippen molar-refractivity contribution in [2.45, 2.75) is 25.5 Å². The number of nitrogens with zero attached hydrogens (tertiary/aromatic N) is 3. The molecule has 6 heteroatoms. The van der Waals surface area contributed by atoms with E-state index in [9.17, 15) is 14.3 Å². The fourth-order valence-corrected chi connectivity index (χ4v) is 2.69. The second kappa shape index (κ2) is 5.81. The summed E-state index contributed by atoms with van der Waals surface area (Å²) in [5, 5.41) is 9.92. The Morgan fingerprint density at radius 2 is 2.00 bits per heavy atom. The van der Waals surface area contributed by atoms with Gasteiger partial charge in [-0.3, -0.25) is 9.78 Å². The predicted octanol–water partition coefficient (Wildman–Crippen LogP) is 1.87. The molecule has 0 spiro atoms. The van der Waals surface area contributed by atoms with Crippen LogP contribution >= 0.6 is 0 Å². The lowest BCUT2D eigenvalue weighted by atomic mass is 10.0. The van der Waals surface area contributed by atoms with Gasteiger partial charge in [-0.25, -0.2) is 9.37 Å². The van der Waals surface area contributed by atoms with Crippen LogP contribution in [-0.2, 0) is 0 Å². The Morgan fingerprint density at radius 3 is 2.64 bits per heavy atom. The average molecular weight is 301 g/mol. The molecule has 2 aromatic rings. The van der Waals surface area contributed by atoms with E-state index in [1.807, 2.05) is 0 Å². The number of hydrogen-bond acceptors (Lipinski definition) is 4. The predicted molar refractivity (Wildman–Crippen MR) is 77.6 cm³/mol. The Labute approximate surface area is 127 Å². The van der Waals surface area contributed by atoms with Gasteiger partial charge in [0.05, 0.1) is 24.0 Å². The van der Waals surface area contributed by atoms with Crippen molar-refractivity contribution in [1.82, 2.24) is 14.9 Å². The molecule has 1 aromatic carbocycles. The number of aryl methyl sites for hydroxylation is 1. The van der Waals surface area contributed by atoms with E-state index in [1.165, 1.54) is 24.5 Å². The molecule has 0 radical (unpaired) electrons. The normalized spacial score (nSPS) is 21.1. The number of halogens is 1. The van der Waals surface area contributed by atoms with Crippen LogP contribution in [0.15, 0.2) is 36.7 Å². The SMILES string of the molecule is Cc1cnc(C(=O)N2C[C@H](O)C[C@@H]2c2ccc(F)cc2)cn1. The van der Waals surface area contributed by atoms with Gasteiger partial charge < -0.3 is 10.0 Å². The number of aromatic nitrogens is 2. The van der Waals surface area contributed by atoms with Crippen LogP contribution in [0.5, 0.6) is 0 Å². The van der Waals surface area contributed by atoms with E-state index in [2.05, 4.69) is 9.97 Å². The number of hydrogen-bond donors (Lipinski definition) is 1. The van der Waals surface area contributed by atoms with Crippen molar-refractivity contribution in [3.05, 3.63) is 59.4 Å². The molecule has 0 unspecified atom stereocenters. The number of aliphatic hydroxyl groups excluding tert-OH is 1. The highest BCUT2D eigenvalue weighted by atomic mass is 19.1. The maximum absolute atomic E-state index is 13.1. The summed E-state index contributed by atoms with van der Waals surface area (Å²) in [5.74, 6) is -0.608. The zero-order chi connectivity index (χ0) is 15.7. The van der Waals surface area contributed by atoms with E-state index in [0.29, 0.717) is 6.42 Å². The van der Waals surface area contributed by atoms with Crippen molar-refractivity contribution in [3.63, 3.8) is 0 Å². The van der Waals surface area contributed by atoms with E-state index in [0.717, 1.165) is 11.3 Å². The summed E-state index contributed by atoms with van der Waals surface area (Å²) in [6.45, 7) is 2.03. The molecule has 1 aliphatic heterocycles. The maximum Gasteiger partial charge on any atom is 0.274 e. The highest BCUT2D eigenvalue weighted by molar-refractivity contribution is 5.92. The van der Waals surface area contributed by atoms with Crippen molar-refractivity contribution < 1.29 is 14.3 Å². The van der Waals surface area contributed by atoms with Gasteiger partial charge in [-0.15, -0.1) is 0 Å². The molecule has 2 atom stereocenters. The minimum absolute atomic E-state index is 0.233. The third-order valence-corrected chi connectivity index (χ3v) is 3.79. The lowest BCUT2D eigenvalue weighted by Crippen LogP contribution is -2.32. The van der Waals surface area contributed by atoms with E-state index in [4.69, 9.17) is 0 Å². The molecular weight excluding hydrogens is 285 g/mol. The van der Waals surface area contributed by atoms with Gasteiger partial charge in [-0.1, -0.05) is 12.1 Å². The van der Waals surface area contributed by atoms with Crippen LogP contribution in [-0.4, -0.2) is 38.5 Å². The first-order valence-electron chi connectivity index (χ1n) is 7.08. The zero-order valence-corrected chi connectivity index (χ0v) is 12.1. The molecule has 0 aliphatic carbocycles. The van der Waals surface area contributed by atoms with E-state index in [-0.39, 0.29) is 30.0 Å². The molecule has 1 fully saturated rings. The molecule has 1 aliphatic rings. The van der Waals surface area contributed by atoms with Crippen molar-refractivity contribution in [2.24, 2.45) is 0 Å². The Morgan fingerprint density at radius 1 is 1.27 bits per heavy atom. The summed E-state index contributed by atoms with van der Waals surface area (Å²) in [7, 11) is 0. The van der Waals surface area contributed by atoms with Gasteiger partial charge in [-0.2, -0.15) is 0 Å². The lowest BCUT2D eigenvalue weighted by molar-refractivity contribution is 0.0709. The Kier molecular flexibility index (Phi) is 3.85. The topological polar surface area (TPSA) is 66.3 Å². The van der Waals surface area contributed by atoms with Gasteiger partial charge in [0.2, 0.25) is 0 Å². The first-order chi connectivity index (χ1) is 10.5. The fraction of sp³-hybridized carbons (Fsp3) is 0.312. The van der Waals surface area contributed by atoms with Crippen molar-refractivity contribution in [3.8, 4) is 0 Å². The van der Waals surface area contributed by atoms with Crippen LogP contribution in [0.4, 0.5) is 4.39 Å². The van der Waals surface area contributed by atoms with Crippen LogP contribution in [0.1, 0.15) is 34.2 Å². The lowest BCUT2D eigenvalue weighted by Gasteiger charge is -2.24. The van der Waals surface area contributed by atoms with E-state index in [1.54, 1.807) is 24.0 Å². The Bertz CT molecular complexity index is 673. The number of rotatable bonds is 2. The minimum Gasteiger partial charge on any atom is -0.391 e. The number of carbonyl (C=O) groups excluding carboxylic acids is 1. The molecule has 1 N–H and O–H groups in total. The monoisotopic (exact) mass is 301 g/mol. The van der Waals surface area contributed by atoms with Crippen LogP contribution < -0.4 is 0 Å². The minimum atomic E-state index is -0.600. The third kappa shape index (κ3) is 2.82. The fourth-order valence-electron chi connectivity index (χ4n) is 2.69. The molecule has 1 aromatic heterocycles. The van der Waals surface area contributed by atoms with Gasteiger partial charge in [0.15, 0.2) is 0 Å². The second-order valence-corrected chi connectivity index (χ2v) is 5.46.